The summed E-state index contributed by atoms with van der Waals surface area (Å²) in [6, 6.07) is 9.77. The molecule has 9 heteroatoms. The Morgan fingerprint density at radius 2 is 1.93 bits per heavy atom. The van der Waals surface area contributed by atoms with Crippen LogP contribution >= 0.6 is 0 Å². The van der Waals surface area contributed by atoms with E-state index < -0.39 is 23.5 Å². The number of aromatic nitrogens is 2. The number of methoxy groups -OCH3 is 1. The molecule has 2 atom stereocenters. The Labute approximate surface area is 163 Å². The number of nitrogens with one attached hydrogen (secondary N) is 1. The van der Waals surface area contributed by atoms with Gasteiger partial charge in [-0.1, -0.05) is 18.2 Å². The van der Waals surface area contributed by atoms with Crippen LogP contribution in [0.1, 0.15) is 18.4 Å². The number of aliphatic hydroxyl groups is 1. The highest BCUT2D eigenvalue weighted by Gasteiger charge is 2.34. The van der Waals surface area contributed by atoms with Gasteiger partial charge < -0.3 is 15.2 Å². The summed E-state index contributed by atoms with van der Waals surface area (Å²) >= 11 is 0. The van der Waals surface area contributed by atoms with Crippen LogP contribution in [-0.4, -0.2) is 33.9 Å². The number of anilines is 1. The third-order valence-corrected chi connectivity index (χ3v) is 5.08. The Balaban J connectivity index is 2.05. The van der Waals surface area contributed by atoms with Crippen LogP contribution in [0.25, 0.3) is 16.6 Å². The minimum Gasteiger partial charge on any atom is -0.496 e. The molecule has 2 aromatic carbocycles. The zero-order valence-corrected chi connectivity index (χ0v) is 15.4. The van der Waals surface area contributed by atoms with Crippen molar-refractivity contribution >= 4 is 16.7 Å². The van der Waals surface area contributed by atoms with Crippen molar-refractivity contribution in [2.45, 2.75) is 31.2 Å². The number of hydrogen-bond acceptors (Lipinski definition) is 5. The lowest BCUT2D eigenvalue weighted by Crippen LogP contribution is -2.43. The average molecular weight is 405 g/mol. The van der Waals surface area contributed by atoms with Gasteiger partial charge in [-0.15, -0.1) is 0 Å². The van der Waals surface area contributed by atoms with Gasteiger partial charge in [-0.25, -0.2) is 4.79 Å². The number of fused-ring (bicyclic) bond motifs is 1. The summed E-state index contributed by atoms with van der Waals surface area (Å²) in [5, 5.41) is 13.1. The van der Waals surface area contributed by atoms with Crippen LogP contribution in [0.15, 0.2) is 47.3 Å². The highest BCUT2D eigenvalue weighted by atomic mass is 19.4. The van der Waals surface area contributed by atoms with Crippen LogP contribution in [-0.2, 0) is 6.18 Å². The van der Waals surface area contributed by atoms with Crippen molar-refractivity contribution < 1.29 is 23.0 Å². The van der Waals surface area contributed by atoms with E-state index in [1.54, 1.807) is 30.3 Å². The summed E-state index contributed by atoms with van der Waals surface area (Å²) in [7, 11) is 1.26. The summed E-state index contributed by atoms with van der Waals surface area (Å²) < 4.78 is 46.8. The molecule has 1 saturated carbocycles. The number of para-hydroxylation sites is 1. The van der Waals surface area contributed by atoms with E-state index in [1.165, 1.54) is 7.11 Å². The van der Waals surface area contributed by atoms with Crippen molar-refractivity contribution in [1.29, 1.82) is 0 Å². The van der Waals surface area contributed by atoms with Crippen molar-refractivity contribution in [1.82, 2.24) is 9.55 Å². The van der Waals surface area contributed by atoms with Gasteiger partial charge in [0, 0.05) is 0 Å². The largest absolute Gasteiger partial charge is 0.496 e. The fraction of sp³-hybridized carbons (Fsp3) is 0.300. The van der Waals surface area contributed by atoms with Gasteiger partial charge in [0.2, 0.25) is 0 Å². The molecule has 4 rings (SSSR count). The molecule has 0 amide bonds. The molecule has 1 aliphatic rings. The summed E-state index contributed by atoms with van der Waals surface area (Å²) in [5.74, 6) is 0.0230. The number of benzene rings is 2. The Morgan fingerprint density at radius 1 is 1.21 bits per heavy atom. The van der Waals surface area contributed by atoms with Crippen LogP contribution in [0.3, 0.4) is 0 Å². The van der Waals surface area contributed by atoms with Gasteiger partial charge in [-0.2, -0.15) is 18.2 Å². The lowest BCUT2D eigenvalue weighted by atomic mass is 9.89. The topological polar surface area (TPSA) is 76.4 Å². The summed E-state index contributed by atoms with van der Waals surface area (Å²) in [6.45, 7) is 0. The van der Waals surface area contributed by atoms with Gasteiger partial charge in [-0.3, -0.25) is 4.57 Å². The Kier molecular flexibility index (Phi) is 4.70. The maximum absolute atomic E-state index is 13.5. The van der Waals surface area contributed by atoms with Gasteiger partial charge in [0.15, 0.2) is 0 Å². The summed E-state index contributed by atoms with van der Waals surface area (Å²) in [4.78, 5) is 16.9. The fourth-order valence-corrected chi connectivity index (χ4v) is 3.40. The van der Waals surface area contributed by atoms with Crippen molar-refractivity contribution in [3.8, 4) is 11.4 Å². The lowest BCUT2D eigenvalue weighted by Gasteiger charge is -2.33. The van der Waals surface area contributed by atoms with E-state index in [1.807, 2.05) is 0 Å². The number of ether oxygens (including phenoxy) is 1. The molecule has 1 aromatic heterocycles. The predicted octanol–water partition coefficient (Wildman–Crippen LogP) is 3.35. The molecule has 29 heavy (non-hydrogen) atoms. The normalized spacial score (nSPS) is 19.1. The molecule has 0 saturated heterocycles. The first-order valence-corrected chi connectivity index (χ1v) is 9.01. The van der Waals surface area contributed by atoms with Gasteiger partial charge in [0.05, 0.1) is 41.4 Å². The highest BCUT2D eigenvalue weighted by molar-refractivity contribution is 5.96. The molecule has 152 valence electrons. The summed E-state index contributed by atoms with van der Waals surface area (Å²) in [6.07, 6.45) is -3.97. The second-order valence-corrected chi connectivity index (χ2v) is 6.88. The SMILES string of the molecule is COc1cc(C(F)(F)F)cc2c1c(N[C@@H]1CC[C@H]1O)nc(=O)n2-c1ccccc1. The monoisotopic (exact) mass is 405 g/mol. The number of hydrogen-bond donors (Lipinski definition) is 2. The smallest absolute Gasteiger partial charge is 0.416 e. The van der Waals surface area contributed by atoms with Crippen LogP contribution < -0.4 is 15.7 Å². The molecule has 0 radical (unpaired) electrons. The first-order chi connectivity index (χ1) is 13.8. The molecule has 0 spiro atoms. The minimum absolute atomic E-state index is 0.0131. The number of halogens is 3. The number of nitrogens with zero attached hydrogens (tertiary/aromatic N) is 2. The molecule has 1 aliphatic carbocycles. The van der Waals surface area contributed by atoms with E-state index in [0.717, 1.165) is 16.7 Å². The Bertz CT molecular complexity index is 1110. The standard InChI is InChI=1S/C20H18F3N3O3/c1-29-16-10-11(20(21,22)23)9-14-17(16)18(24-13-7-8-15(13)27)25-19(28)26(14)12-5-3-2-4-6-12/h2-6,9-10,13,15,27H,7-8H2,1H3,(H,24,25,28)/t13-,15-/m1/s1. The first-order valence-electron chi connectivity index (χ1n) is 9.01. The van der Waals surface area contributed by atoms with Crippen LogP contribution in [0.4, 0.5) is 19.0 Å². The summed E-state index contributed by atoms with van der Waals surface area (Å²) in [5.41, 5.74) is -1.28. The Morgan fingerprint density at radius 3 is 2.48 bits per heavy atom. The van der Waals surface area contributed by atoms with Crippen LogP contribution in [0, 0.1) is 0 Å². The van der Waals surface area contributed by atoms with E-state index in [2.05, 4.69) is 10.3 Å². The van der Waals surface area contributed by atoms with Crippen molar-refractivity contribution in [2.24, 2.45) is 0 Å². The average Bonchev–Trinajstić information content (AvgIpc) is 2.69. The molecule has 6 nitrogen and oxygen atoms in total. The molecule has 2 N–H and O–H groups in total. The van der Waals surface area contributed by atoms with E-state index in [4.69, 9.17) is 4.74 Å². The highest BCUT2D eigenvalue weighted by Crippen LogP contribution is 2.39. The van der Waals surface area contributed by atoms with E-state index >= 15 is 0 Å². The third kappa shape index (κ3) is 3.42. The third-order valence-electron chi connectivity index (χ3n) is 5.08. The molecular formula is C20H18F3N3O3. The molecule has 0 aliphatic heterocycles. The molecule has 1 heterocycles. The molecule has 0 bridgehead atoms. The van der Waals surface area contributed by atoms with Crippen molar-refractivity contribution in [3.05, 3.63) is 58.5 Å². The molecular weight excluding hydrogens is 387 g/mol. The van der Waals surface area contributed by atoms with Crippen molar-refractivity contribution in [2.75, 3.05) is 12.4 Å². The first kappa shape index (κ1) is 19.3. The van der Waals surface area contributed by atoms with Gasteiger partial charge in [-0.05, 0) is 37.1 Å². The van der Waals surface area contributed by atoms with Gasteiger partial charge >= 0.3 is 11.9 Å². The molecule has 0 unspecified atom stereocenters. The zero-order valence-electron chi connectivity index (χ0n) is 15.4. The zero-order chi connectivity index (χ0) is 20.8. The van der Waals surface area contributed by atoms with E-state index in [-0.39, 0.29) is 28.5 Å². The predicted molar refractivity (Wildman–Crippen MR) is 102 cm³/mol. The lowest BCUT2D eigenvalue weighted by molar-refractivity contribution is -0.137. The molecule has 3 aromatic rings. The maximum Gasteiger partial charge on any atom is 0.416 e. The number of rotatable bonds is 4. The van der Waals surface area contributed by atoms with E-state index in [9.17, 15) is 23.1 Å². The molecule has 1 fully saturated rings. The Hall–Kier alpha value is -3.07. The van der Waals surface area contributed by atoms with E-state index in [0.29, 0.717) is 18.5 Å². The van der Waals surface area contributed by atoms with Gasteiger partial charge in [0.25, 0.3) is 0 Å². The van der Waals surface area contributed by atoms with Crippen LogP contribution in [0.5, 0.6) is 5.75 Å². The second kappa shape index (κ2) is 7.07. The maximum atomic E-state index is 13.5. The second-order valence-electron chi connectivity index (χ2n) is 6.88. The van der Waals surface area contributed by atoms with Crippen molar-refractivity contribution in [3.63, 3.8) is 0 Å². The fourth-order valence-electron chi connectivity index (χ4n) is 3.40. The number of aliphatic hydroxyl groups excluding tert-OH is 1. The van der Waals surface area contributed by atoms with Crippen LogP contribution in [0.2, 0.25) is 0 Å². The number of alkyl halides is 3. The quantitative estimate of drug-likeness (QED) is 0.696. The van der Waals surface area contributed by atoms with Gasteiger partial charge in [0.1, 0.15) is 11.6 Å². The minimum atomic E-state index is -4.62.